The van der Waals surface area contributed by atoms with Gasteiger partial charge in [0.25, 0.3) is 5.91 Å². The summed E-state index contributed by atoms with van der Waals surface area (Å²) in [7, 11) is -4.44. The molecule has 1 aliphatic heterocycles. The summed E-state index contributed by atoms with van der Waals surface area (Å²) in [6.07, 6.45) is -6.41. The van der Waals surface area contributed by atoms with Gasteiger partial charge in [-0.15, -0.1) is 0 Å². The van der Waals surface area contributed by atoms with Gasteiger partial charge in [0.1, 0.15) is 17.5 Å². The Morgan fingerprint density at radius 3 is 2.32 bits per heavy atom. The molecule has 8 nitrogen and oxygen atoms in total. The third kappa shape index (κ3) is 7.18. The Morgan fingerprint density at radius 1 is 1.12 bits per heavy atom. The molecular weight excluding hydrogens is 592 g/mol. The number of benzene rings is 2. The number of carbonyl (C=O) groups is 3. The van der Waals surface area contributed by atoms with E-state index in [1.807, 2.05) is 0 Å². The summed E-state index contributed by atoms with van der Waals surface area (Å²) >= 11 is 5.95. The number of amides is 2. The molecule has 2 aliphatic rings. The fourth-order valence-electron chi connectivity index (χ4n) is 4.62. The van der Waals surface area contributed by atoms with Crippen LogP contribution < -0.4 is 10.2 Å². The van der Waals surface area contributed by atoms with Gasteiger partial charge in [0.05, 0.1) is 34.4 Å². The first-order chi connectivity index (χ1) is 18.9. The first-order valence-electron chi connectivity index (χ1n) is 12.6. The molecule has 0 bridgehead atoms. The van der Waals surface area contributed by atoms with Gasteiger partial charge in [-0.3, -0.25) is 9.59 Å². The maximum absolute atomic E-state index is 15.2. The molecule has 4 rings (SSSR count). The second-order valence-electron chi connectivity index (χ2n) is 11.1. The van der Waals surface area contributed by atoms with Gasteiger partial charge in [0, 0.05) is 11.4 Å². The van der Waals surface area contributed by atoms with Crippen molar-refractivity contribution >= 4 is 44.9 Å². The van der Waals surface area contributed by atoms with Crippen LogP contribution in [-0.2, 0) is 25.9 Å². The fourth-order valence-corrected chi connectivity index (χ4v) is 6.36. The highest BCUT2D eigenvalue weighted by Crippen LogP contribution is 2.52. The molecule has 0 radical (unpaired) electrons. The van der Waals surface area contributed by atoms with Crippen LogP contribution in [0.1, 0.15) is 49.5 Å². The van der Waals surface area contributed by atoms with Crippen molar-refractivity contribution in [3.05, 3.63) is 58.4 Å². The second-order valence-corrected chi connectivity index (χ2v) is 13.5. The summed E-state index contributed by atoms with van der Waals surface area (Å²) in [4.78, 5) is 39.5. The van der Waals surface area contributed by atoms with E-state index in [0.717, 1.165) is 11.0 Å². The Kier molecular flexibility index (Phi) is 8.18. The zero-order chi connectivity index (χ0) is 30.5. The smallest absolute Gasteiger partial charge is 0.408 e. The van der Waals surface area contributed by atoms with Crippen LogP contribution in [0, 0.1) is 17.7 Å². The van der Waals surface area contributed by atoms with Gasteiger partial charge in [-0.25, -0.2) is 17.6 Å². The summed E-state index contributed by atoms with van der Waals surface area (Å²) in [6, 6.07) is 5.99. The molecule has 2 amide bonds. The molecule has 3 atom stereocenters. The summed E-state index contributed by atoms with van der Waals surface area (Å²) in [5.74, 6) is -6.71. The highest BCUT2D eigenvalue weighted by Gasteiger charge is 2.56. The number of rotatable bonds is 6. The Balaban J connectivity index is 1.75. The number of alkyl halides is 3. The van der Waals surface area contributed by atoms with Crippen molar-refractivity contribution in [2.45, 2.75) is 62.9 Å². The van der Waals surface area contributed by atoms with Crippen molar-refractivity contribution in [2.24, 2.45) is 11.8 Å². The van der Waals surface area contributed by atoms with E-state index in [-0.39, 0.29) is 18.7 Å². The van der Waals surface area contributed by atoms with Crippen LogP contribution in [0.25, 0.3) is 0 Å². The third-order valence-electron chi connectivity index (χ3n) is 6.66. The van der Waals surface area contributed by atoms with E-state index in [1.165, 1.54) is 12.1 Å². The lowest BCUT2D eigenvalue weighted by molar-refractivity contribution is -0.150. The number of carbonyl (C=O) groups excluding carboxylic acids is 3. The fraction of sp³-hybridized carbons (Fsp3) is 0.444. The number of hydrogen-bond donors (Lipinski definition) is 1. The SMILES string of the molecule is CC(C)(C)OC(=O)N[C@H]1CS(=O)(=O)c2cc(F)c(C(=O)CC3CC3C(F)(F)F)cc2N(Cc2ccc(Cl)cc2)C1=O. The normalized spacial score (nSPS) is 22.0. The van der Waals surface area contributed by atoms with Crippen LogP contribution in [0.5, 0.6) is 0 Å². The summed E-state index contributed by atoms with van der Waals surface area (Å²) in [6.45, 7) is 4.45. The molecule has 2 unspecified atom stereocenters. The molecule has 14 heteroatoms. The Labute approximate surface area is 238 Å². The number of fused-ring (bicyclic) bond motifs is 1. The summed E-state index contributed by atoms with van der Waals surface area (Å²) < 4.78 is 86.0. The predicted octanol–water partition coefficient (Wildman–Crippen LogP) is 5.46. The van der Waals surface area contributed by atoms with Crippen molar-refractivity contribution in [3.63, 3.8) is 0 Å². The van der Waals surface area contributed by atoms with Crippen molar-refractivity contribution in [1.82, 2.24) is 5.32 Å². The largest absolute Gasteiger partial charge is 0.444 e. The Bertz CT molecular complexity index is 1490. The molecule has 1 fully saturated rings. The minimum Gasteiger partial charge on any atom is -0.444 e. The van der Waals surface area contributed by atoms with E-state index in [9.17, 15) is 36.0 Å². The first kappa shape index (κ1) is 30.8. The van der Waals surface area contributed by atoms with Gasteiger partial charge in [-0.1, -0.05) is 23.7 Å². The number of nitrogens with one attached hydrogen (secondary N) is 1. The number of sulfone groups is 1. The molecule has 1 heterocycles. The van der Waals surface area contributed by atoms with E-state index < -0.39 is 85.7 Å². The lowest BCUT2D eigenvalue weighted by atomic mass is 10.0. The highest BCUT2D eigenvalue weighted by molar-refractivity contribution is 7.91. The molecular formula is C27H27ClF4N2O6S. The average molecular weight is 619 g/mol. The van der Waals surface area contributed by atoms with Gasteiger partial charge in [0.15, 0.2) is 15.6 Å². The van der Waals surface area contributed by atoms with Crippen LogP contribution in [-0.4, -0.2) is 49.8 Å². The first-order valence-corrected chi connectivity index (χ1v) is 14.6. The van der Waals surface area contributed by atoms with Crippen molar-refractivity contribution in [2.75, 3.05) is 10.7 Å². The maximum Gasteiger partial charge on any atom is 0.408 e. The highest BCUT2D eigenvalue weighted by atomic mass is 35.5. The van der Waals surface area contributed by atoms with Crippen LogP contribution >= 0.6 is 11.6 Å². The van der Waals surface area contributed by atoms with Crippen LogP contribution in [0.2, 0.25) is 5.02 Å². The molecule has 0 saturated heterocycles. The Hall–Kier alpha value is -3.19. The van der Waals surface area contributed by atoms with E-state index >= 15 is 4.39 Å². The summed E-state index contributed by atoms with van der Waals surface area (Å²) in [5.41, 5.74) is -1.47. The Morgan fingerprint density at radius 2 is 1.76 bits per heavy atom. The van der Waals surface area contributed by atoms with E-state index in [0.29, 0.717) is 16.7 Å². The molecule has 2 aromatic rings. The van der Waals surface area contributed by atoms with Crippen molar-refractivity contribution < 1.29 is 45.1 Å². The number of Topliss-reactive ketones (excluding diaryl/α,β-unsaturated/α-hetero) is 1. The van der Waals surface area contributed by atoms with Gasteiger partial charge in [0.2, 0.25) is 0 Å². The predicted molar refractivity (Wildman–Crippen MR) is 141 cm³/mol. The number of ether oxygens (including phenoxy) is 1. The quantitative estimate of drug-likeness (QED) is 0.340. The molecule has 1 saturated carbocycles. The third-order valence-corrected chi connectivity index (χ3v) is 8.68. The van der Waals surface area contributed by atoms with Gasteiger partial charge in [-0.2, -0.15) is 13.2 Å². The second kappa shape index (κ2) is 10.9. The zero-order valence-electron chi connectivity index (χ0n) is 22.2. The molecule has 1 N–H and O–H groups in total. The molecule has 41 heavy (non-hydrogen) atoms. The molecule has 1 aliphatic carbocycles. The number of ketones is 1. The topological polar surface area (TPSA) is 110 Å². The number of hydrogen-bond acceptors (Lipinski definition) is 6. The van der Waals surface area contributed by atoms with E-state index in [4.69, 9.17) is 16.3 Å². The summed E-state index contributed by atoms with van der Waals surface area (Å²) in [5, 5.41) is 2.65. The molecule has 2 aromatic carbocycles. The number of anilines is 1. The van der Waals surface area contributed by atoms with Gasteiger partial charge in [-0.05, 0) is 62.9 Å². The van der Waals surface area contributed by atoms with E-state index in [2.05, 4.69) is 5.32 Å². The maximum atomic E-state index is 15.2. The average Bonchev–Trinajstić information content (AvgIpc) is 3.61. The number of halogens is 5. The van der Waals surface area contributed by atoms with Crippen LogP contribution in [0.15, 0.2) is 41.3 Å². The molecule has 222 valence electrons. The lowest BCUT2D eigenvalue weighted by Gasteiger charge is -2.27. The number of alkyl carbamates (subject to hydrolysis) is 1. The molecule has 0 spiro atoms. The molecule has 0 aromatic heterocycles. The van der Waals surface area contributed by atoms with Crippen molar-refractivity contribution in [1.29, 1.82) is 0 Å². The van der Waals surface area contributed by atoms with Crippen molar-refractivity contribution in [3.8, 4) is 0 Å². The monoisotopic (exact) mass is 618 g/mol. The van der Waals surface area contributed by atoms with Crippen LogP contribution in [0.3, 0.4) is 0 Å². The van der Waals surface area contributed by atoms with Gasteiger partial charge < -0.3 is 15.0 Å². The van der Waals surface area contributed by atoms with E-state index in [1.54, 1.807) is 32.9 Å². The minimum atomic E-state index is -4.48. The zero-order valence-corrected chi connectivity index (χ0v) is 23.8. The number of nitrogens with zero attached hydrogens (tertiary/aromatic N) is 1. The standard InChI is InChI=1S/C27H27ClF4N2O6S/c1-26(2,3)40-25(37)33-20-13-41(38,39)23-11-19(29)17(22(35)9-15-8-18(15)27(30,31)32)10-21(23)34(24(20)36)12-14-4-6-16(28)7-5-14/h4-7,10-11,15,18,20H,8-9,12-13H2,1-3H3,(H,33,37)/t15?,18?,20-/m0/s1. The lowest BCUT2D eigenvalue weighted by Crippen LogP contribution is -2.51. The van der Waals surface area contributed by atoms with Gasteiger partial charge >= 0.3 is 12.3 Å². The minimum absolute atomic E-state index is 0.261. The van der Waals surface area contributed by atoms with Crippen LogP contribution in [0.4, 0.5) is 28.0 Å².